The first-order valence-electron chi connectivity index (χ1n) is 5.32. The van der Waals surface area contributed by atoms with Gasteiger partial charge in [-0.05, 0) is 18.6 Å². The van der Waals surface area contributed by atoms with Crippen LogP contribution >= 0.6 is 0 Å². The molecule has 1 aliphatic rings. The molecular weight excluding hydrogens is 208 g/mol. The number of rotatable bonds is 4. The molecule has 16 heavy (non-hydrogen) atoms. The highest BCUT2D eigenvalue weighted by Gasteiger charge is 2.45. The molecule has 1 unspecified atom stereocenters. The second-order valence-electron chi connectivity index (χ2n) is 4.00. The first-order chi connectivity index (χ1) is 7.66. The Morgan fingerprint density at radius 3 is 2.75 bits per heavy atom. The Hall–Kier alpha value is -1.78. The summed E-state index contributed by atoms with van der Waals surface area (Å²) in [6.07, 6.45) is 3.37. The van der Waals surface area contributed by atoms with Gasteiger partial charge in [0.25, 0.3) is 5.91 Å². The Labute approximate surface area is 93.2 Å². The van der Waals surface area contributed by atoms with Crippen molar-refractivity contribution in [2.75, 3.05) is 0 Å². The number of urea groups is 1. The molecule has 1 atom stereocenters. The van der Waals surface area contributed by atoms with Crippen molar-refractivity contribution in [3.05, 3.63) is 24.2 Å². The number of hydrogen-bond donors (Lipinski definition) is 2. The van der Waals surface area contributed by atoms with Crippen LogP contribution in [0.1, 0.15) is 25.5 Å². The molecule has 5 nitrogen and oxygen atoms in total. The van der Waals surface area contributed by atoms with E-state index in [4.69, 9.17) is 4.42 Å². The number of furan rings is 1. The summed E-state index contributed by atoms with van der Waals surface area (Å²) in [4.78, 5) is 23.0. The number of imide groups is 1. The topological polar surface area (TPSA) is 71.3 Å². The van der Waals surface area contributed by atoms with Crippen molar-refractivity contribution in [1.82, 2.24) is 10.6 Å². The summed E-state index contributed by atoms with van der Waals surface area (Å²) in [6.45, 7) is 1.97. The average Bonchev–Trinajstić information content (AvgIpc) is 2.77. The van der Waals surface area contributed by atoms with Gasteiger partial charge < -0.3 is 9.73 Å². The smallest absolute Gasteiger partial charge is 0.322 e. The van der Waals surface area contributed by atoms with E-state index in [2.05, 4.69) is 10.6 Å². The van der Waals surface area contributed by atoms with Crippen LogP contribution in [0.15, 0.2) is 22.8 Å². The molecule has 0 saturated carbocycles. The monoisotopic (exact) mass is 222 g/mol. The molecule has 2 heterocycles. The molecule has 1 aromatic rings. The fourth-order valence-corrected chi connectivity index (χ4v) is 2.05. The molecule has 1 aliphatic heterocycles. The molecule has 0 radical (unpaired) electrons. The second kappa shape index (κ2) is 4.00. The van der Waals surface area contributed by atoms with Crippen molar-refractivity contribution in [2.45, 2.75) is 31.7 Å². The molecule has 5 heteroatoms. The van der Waals surface area contributed by atoms with Crippen LogP contribution in [-0.4, -0.2) is 17.5 Å². The summed E-state index contributed by atoms with van der Waals surface area (Å²) >= 11 is 0. The van der Waals surface area contributed by atoms with Gasteiger partial charge in [-0.1, -0.05) is 13.3 Å². The van der Waals surface area contributed by atoms with Gasteiger partial charge in [-0.25, -0.2) is 4.79 Å². The fraction of sp³-hybridized carbons (Fsp3) is 0.455. The first-order valence-corrected chi connectivity index (χ1v) is 5.32. The number of carbonyl (C=O) groups is 2. The molecule has 0 aliphatic carbocycles. The molecule has 1 saturated heterocycles. The third kappa shape index (κ3) is 1.80. The van der Waals surface area contributed by atoms with Crippen LogP contribution < -0.4 is 10.6 Å². The van der Waals surface area contributed by atoms with E-state index in [1.807, 2.05) is 6.92 Å². The van der Waals surface area contributed by atoms with E-state index in [1.54, 1.807) is 18.4 Å². The SMILES string of the molecule is CCCC1(Cc2ccco2)NC(=O)NC1=O. The number of carbonyl (C=O) groups excluding carboxylic acids is 2. The van der Waals surface area contributed by atoms with Crippen LogP contribution in [0.25, 0.3) is 0 Å². The minimum atomic E-state index is -0.844. The highest BCUT2D eigenvalue weighted by atomic mass is 16.3. The van der Waals surface area contributed by atoms with Gasteiger partial charge in [0, 0.05) is 6.42 Å². The van der Waals surface area contributed by atoms with Crippen molar-refractivity contribution < 1.29 is 14.0 Å². The third-order valence-electron chi connectivity index (χ3n) is 2.75. The maximum atomic E-state index is 11.8. The maximum absolute atomic E-state index is 11.8. The largest absolute Gasteiger partial charge is 0.469 e. The number of hydrogen-bond acceptors (Lipinski definition) is 3. The fourth-order valence-electron chi connectivity index (χ4n) is 2.05. The third-order valence-corrected chi connectivity index (χ3v) is 2.75. The Morgan fingerprint density at radius 1 is 1.44 bits per heavy atom. The molecule has 0 spiro atoms. The number of nitrogens with one attached hydrogen (secondary N) is 2. The molecule has 0 aromatic carbocycles. The zero-order valence-electron chi connectivity index (χ0n) is 9.08. The standard InChI is InChI=1S/C11H14N2O3/c1-2-5-11(7-8-4-3-6-16-8)9(14)12-10(15)13-11/h3-4,6H,2,5,7H2,1H3,(H2,12,13,14,15). The van der Waals surface area contributed by atoms with Crippen molar-refractivity contribution in [2.24, 2.45) is 0 Å². The van der Waals surface area contributed by atoms with E-state index in [9.17, 15) is 9.59 Å². The lowest BCUT2D eigenvalue weighted by Gasteiger charge is -2.24. The van der Waals surface area contributed by atoms with E-state index in [1.165, 1.54) is 0 Å². The number of amides is 3. The van der Waals surface area contributed by atoms with Crippen LogP contribution in [0.4, 0.5) is 4.79 Å². The quantitative estimate of drug-likeness (QED) is 0.752. The van der Waals surface area contributed by atoms with Crippen molar-refractivity contribution in [3.8, 4) is 0 Å². The van der Waals surface area contributed by atoms with Gasteiger partial charge in [-0.3, -0.25) is 10.1 Å². The van der Waals surface area contributed by atoms with E-state index < -0.39 is 11.6 Å². The zero-order chi connectivity index (χ0) is 11.6. The van der Waals surface area contributed by atoms with Gasteiger partial charge in [0.2, 0.25) is 0 Å². The van der Waals surface area contributed by atoms with Gasteiger partial charge in [0.05, 0.1) is 6.26 Å². The highest BCUT2D eigenvalue weighted by molar-refractivity contribution is 6.07. The van der Waals surface area contributed by atoms with Gasteiger partial charge in [0.1, 0.15) is 11.3 Å². The Balaban J connectivity index is 2.22. The van der Waals surface area contributed by atoms with Crippen molar-refractivity contribution in [1.29, 1.82) is 0 Å². The lowest BCUT2D eigenvalue weighted by Crippen LogP contribution is -2.48. The molecule has 0 bridgehead atoms. The Kier molecular flexibility index (Phi) is 2.68. The first kappa shape index (κ1) is 10.7. The van der Waals surface area contributed by atoms with E-state index in [0.717, 1.165) is 6.42 Å². The minimum Gasteiger partial charge on any atom is -0.469 e. The molecule has 2 rings (SSSR count). The van der Waals surface area contributed by atoms with Crippen molar-refractivity contribution >= 4 is 11.9 Å². The van der Waals surface area contributed by atoms with E-state index >= 15 is 0 Å². The van der Waals surface area contributed by atoms with E-state index in [-0.39, 0.29) is 5.91 Å². The maximum Gasteiger partial charge on any atom is 0.322 e. The molecule has 86 valence electrons. The minimum absolute atomic E-state index is 0.268. The van der Waals surface area contributed by atoms with Crippen LogP contribution in [0.2, 0.25) is 0 Å². The lowest BCUT2D eigenvalue weighted by molar-refractivity contribution is -0.124. The average molecular weight is 222 g/mol. The molecule has 1 fully saturated rings. The van der Waals surface area contributed by atoms with Crippen LogP contribution in [0.5, 0.6) is 0 Å². The van der Waals surface area contributed by atoms with Gasteiger partial charge in [-0.2, -0.15) is 0 Å². The summed E-state index contributed by atoms with van der Waals surface area (Å²) < 4.78 is 5.22. The summed E-state index contributed by atoms with van der Waals surface area (Å²) in [7, 11) is 0. The lowest BCUT2D eigenvalue weighted by atomic mass is 9.89. The van der Waals surface area contributed by atoms with Gasteiger partial charge >= 0.3 is 6.03 Å². The molecular formula is C11H14N2O3. The Bertz CT molecular complexity index is 399. The molecule has 2 N–H and O–H groups in total. The summed E-state index contributed by atoms with van der Waals surface area (Å²) in [5.74, 6) is 0.432. The summed E-state index contributed by atoms with van der Waals surface area (Å²) in [5.41, 5.74) is -0.844. The van der Waals surface area contributed by atoms with E-state index in [0.29, 0.717) is 18.6 Å². The second-order valence-corrected chi connectivity index (χ2v) is 4.00. The van der Waals surface area contributed by atoms with Crippen LogP contribution in [-0.2, 0) is 11.2 Å². The Morgan fingerprint density at radius 2 is 2.25 bits per heavy atom. The summed E-state index contributed by atoms with van der Waals surface area (Å²) in [6, 6.07) is 3.14. The molecule has 1 aromatic heterocycles. The van der Waals surface area contributed by atoms with Gasteiger partial charge in [0.15, 0.2) is 0 Å². The predicted octanol–water partition coefficient (Wildman–Crippen LogP) is 1.20. The zero-order valence-corrected chi connectivity index (χ0v) is 9.08. The normalized spacial score (nSPS) is 24.3. The highest BCUT2D eigenvalue weighted by Crippen LogP contribution is 2.23. The van der Waals surface area contributed by atoms with Crippen LogP contribution in [0.3, 0.4) is 0 Å². The predicted molar refractivity (Wildman–Crippen MR) is 56.7 cm³/mol. The summed E-state index contributed by atoms with van der Waals surface area (Å²) in [5, 5.41) is 4.97. The van der Waals surface area contributed by atoms with Gasteiger partial charge in [-0.15, -0.1) is 0 Å². The van der Waals surface area contributed by atoms with Crippen LogP contribution in [0, 0.1) is 0 Å². The van der Waals surface area contributed by atoms with Crippen molar-refractivity contribution in [3.63, 3.8) is 0 Å². The molecule has 3 amide bonds.